The monoisotopic (exact) mass is 551 g/mol. The predicted octanol–water partition coefficient (Wildman–Crippen LogP) is 5.78. The molecule has 0 amide bonds. The summed E-state index contributed by atoms with van der Waals surface area (Å²) in [4.78, 5) is 15.5. The first-order valence-electron chi connectivity index (χ1n) is 15.6. The molecule has 2 aliphatic rings. The van der Waals surface area contributed by atoms with E-state index in [0.717, 1.165) is 49.4 Å². The van der Waals surface area contributed by atoms with Gasteiger partial charge in [-0.25, -0.2) is 15.0 Å². The molecule has 2 fully saturated rings. The molecule has 0 radical (unpaired) electrons. The minimum Gasteiger partial charge on any atom is -0.382 e. The van der Waals surface area contributed by atoms with E-state index in [1.165, 1.54) is 38.6 Å². The average molecular weight is 552 g/mol. The lowest BCUT2D eigenvalue weighted by atomic mass is 9.95. The Hall–Kier alpha value is -1.81. The molecule has 2 saturated carbocycles. The maximum atomic E-state index is 8.93. The number of aliphatic hydroxyl groups is 2. The van der Waals surface area contributed by atoms with Crippen LogP contribution in [0.5, 0.6) is 0 Å². The standard InChI is InChI=1S/C18H31N7.C6H12O2.3C2H6/c1-13(2)24(8-4-7-20-3)10-14-5-6-15(9-14)25-12-23-16-17(19)21-11-22-18(16)25;7-6(8)4-2-1-3-5-6;3*1-2/h11-15,20H,4-10H2,1-3H3,(H2,19,21,22);7-8H,1-5H2;3*1-2H3. The van der Waals surface area contributed by atoms with Crippen LogP contribution in [0, 0.1) is 5.92 Å². The minimum atomic E-state index is -1.32. The van der Waals surface area contributed by atoms with Crippen LogP contribution in [-0.2, 0) is 0 Å². The lowest BCUT2D eigenvalue weighted by Gasteiger charge is -2.29. The van der Waals surface area contributed by atoms with Crippen molar-refractivity contribution in [2.45, 2.75) is 131 Å². The number of nitrogens with one attached hydrogen (secondary N) is 1. The van der Waals surface area contributed by atoms with Gasteiger partial charge in [-0.05, 0) is 78.4 Å². The maximum Gasteiger partial charge on any atom is 0.165 e. The zero-order valence-corrected chi connectivity index (χ0v) is 26.6. The normalized spacial score (nSPS) is 19.6. The van der Waals surface area contributed by atoms with Gasteiger partial charge in [-0.15, -0.1) is 0 Å². The van der Waals surface area contributed by atoms with Gasteiger partial charge in [0, 0.05) is 31.5 Å². The highest BCUT2D eigenvalue weighted by Crippen LogP contribution is 2.37. The first-order chi connectivity index (χ1) is 18.8. The molecule has 39 heavy (non-hydrogen) atoms. The minimum absolute atomic E-state index is 0.466. The predicted molar refractivity (Wildman–Crippen MR) is 166 cm³/mol. The van der Waals surface area contributed by atoms with Crippen LogP contribution in [0.15, 0.2) is 12.7 Å². The van der Waals surface area contributed by atoms with Crippen molar-refractivity contribution < 1.29 is 10.2 Å². The molecule has 228 valence electrons. The summed E-state index contributed by atoms with van der Waals surface area (Å²) < 4.78 is 2.20. The molecule has 9 heteroatoms. The van der Waals surface area contributed by atoms with Crippen LogP contribution in [0.1, 0.15) is 119 Å². The fourth-order valence-corrected chi connectivity index (χ4v) is 5.07. The number of rotatable bonds is 8. The van der Waals surface area contributed by atoms with E-state index in [1.807, 2.05) is 54.9 Å². The highest BCUT2D eigenvalue weighted by Gasteiger charge is 2.29. The van der Waals surface area contributed by atoms with E-state index in [2.05, 4.69) is 43.6 Å². The zero-order valence-electron chi connectivity index (χ0n) is 26.6. The fourth-order valence-electron chi connectivity index (χ4n) is 5.07. The molecule has 2 aliphatic carbocycles. The first-order valence-corrected chi connectivity index (χ1v) is 15.6. The second-order valence-corrected chi connectivity index (χ2v) is 10.0. The van der Waals surface area contributed by atoms with Gasteiger partial charge in [0.05, 0.1) is 6.33 Å². The number of hydrogen-bond acceptors (Lipinski definition) is 8. The number of nitrogens with two attached hydrogens (primary N) is 1. The van der Waals surface area contributed by atoms with Crippen molar-refractivity contribution in [2.75, 3.05) is 32.4 Å². The summed E-state index contributed by atoms with van der Waals surface area (Å²) in [5, 5.41) is 21.1. The second kappa shape index (κ2) is 21.0. The number of imidazole rings is 1. The lowest BCUT2D eigenvalue weighted by molar-refractivity contribution is -0.180. The Bertz CT molecular complexity index is 849. The van der Waals surface area contributed by atoms with Crippen molar-refractivity contribution in [3.8, 4) is 0 Å². The van der Waals surface area contributed by atoms with Crippen LogP contribution in [0.4, 0.5) is 5.82 Å². The largest absolute Gasteiger partial charge is 0.382 e. The van der Waals surface area contributed by atoms with Crippen molar-refractivity contribution in [3.63, 3.8) is 0 Å². The van der Waals surface area contributed by atoms with E-state index in [0.29, 0.717) is 30.7 Å². The summed E-state index contributed by atoms with van der Waals surface area (Å²) in [5.41, 5.74) is 7.51. The van der Waals surface area contributed by atoms with Crippen molar-refractivity contribution in [1.29, 1.82) is 0 Å². The maximum absolute atomic E-state index is 8.93. The van der Waals surface area contributed by atoms with Gasteiger partial charge >= 0.3 is 0 Å². The van der Waals surface area contributed by atoms with E-state index < -0.39 is 5.79 Å². The Morgan fingerprint density at radius 1 is 1.03 bits per heavy atom. The van der Waals surface area contributed by atoms with Crippen LogP contribution in [-0.4, -0.2) is 73.1 Å². The van der Waals surface area contributed by atoms with Gasteiger partial charge in [-0.3, -0.25) is 0 Å². The van der Waals surface area contributed by atoms with E-state index in [4.69, 9.17) is 15.9 Å². The molecule has 2 aromatic rings. The van der Waals surface area contributed by atoms with E-state index >= 15 is 0 Å². The molecule has 2 aromatic heterocycles. The molecule has 4 rings (SSSR count). The van der Waals surface area contributed by atoms with Crippen LogP contribution >= 0.6 is 0 Å². The quantitative estimate of drug-likeness (QED) is 0.240. The summed E-state index contributed by atoms with van der Waals surface area (Å²) >= 11 is 0. The zero-order chi connectivity index (χ0) is 29.8. The second-order valence-electron chi connectivity index (χ2n) is 10.0. The van der Waals surface area contributed by atoms with Gasteiger partial charge in [-0.2, -0.15) is 0 Å². The highest BCUT2D eigenvalue weighted by atomic mass is 16.5. The third kappa shape index (κ3) is 12.9. The van der Waals surface area contributed by atoms with E-state index in [-0.39, 0.29) is 0 Å². The van der Waals surface area contributed by atoms with Crippen molar-refractivity contribution in [1.82, 2.24) is 29.7 Å². The van der Waals surface area contributed by atoms with Crippen LogP contribution < -0.4 is 11.1 Å². The number of aromatic nitrogens is 4. The van der Waals surface area contributed by atoms with Crippen LogP contribution in [0.3, 0.4) is 0 Å². The van der Waals surface area contributed by atoms with E-state index in [1.54, 1.807) is 0 Å². The molecule has 0 spiro atoms. The third-order valence-electron chi connectivity index (χ3n) is 7.04. The molecule has 0 aromatic carbocycles. The Morgan fingerprint density at radius 3 is 2.21 bits per heavy atom. The average Bonchev–Trinajstić information content (AvgIpc) is 3.59. The highest BCUT2D eigenvalue weighted by molar-refractivity contribution is 5.81. The molecular weight excluding hydrogens is 490 g/mol. The Kier molecular flexibility index (Phi) is 20.0. The molecule has 2 heterocycles. The summed E-state index contributed by atoms with van der Waals surface area (Å²) in [6.07, 6.45) is 12.5. The molecule has 2 unspecified atom stereocenters. The number of anilines is 1. The van der Waals surface area contributed by atoms with Gasteiger partial charge < -0.3 is 30.7 Å². The first kappa shape index (κ1) is 37.2. The molecular formula is C30H61N7O2. The van der Waals surface area contributed by atoms with Crippen molar-refractivity contribution >= 4 is 17.0 Å². The molecule has 9 nitrogen and oxygen atoms in total. The SMILES string of the molecule is CC.CC.CC.CNCCCN(CC1CCC(n2cnc3c(N)ncnc32)C1)C(C)C.OC1(O)CCCCC1. The molecule has 0 aliphatic heterocycles. The van der Waals surface area contributed by atoms with Gasteiger partial charge in [0.15, 0.2) is 17.3 Å². The summed E-state index contributed by atoms with van der Waals surface area (Å²) in [6.45, 7) is 20.0. The van der Waals surface area contributed by atoms with Crippen molar-refractivity contribution in [2.24, 2.45) is 5.92 Å². The molecule has 0 saturated heterocycles. The third-order valence-corrected chi connectivity index (χ3v) is 7.04. The van der Waals surface area contributed by atoms with Gasteiger partial charge in [-0.1, -0.05) is 48.0 Å². The lowest BCUT2D eigenvalue weighted by Crippen LogP contribution is -2.36. The Labute approximate surface area is 239 Å². The van der Waals surface area contributed by atoms with Crippen molar-refractivity contribution in [3.05, 3.63) is 12.7 Å². The summed E-state index contributed by atoms with van der Waals surface area (Å²) in [6, 6.07) is 1.06. The molecule has 5 N–H and O–H groups in total. The van der Waals surface area contributed by atoms with Gasteiger partial charge in [0.25, 0.3) is 0 Å². The van der Waals surface area contributed by atoms with Crippen LogP contribution in [0.2, 0.25) is 0 Å². The van der Waals surface area contributed by atoms with Gasteiger partial charge in [0.2, 0.25) is 0 Å². The summed E-state index contributed by atoms with van der Waals surface area (Å²) in [7, 11) is 2.02. The Balaban J connectivity index is 0.000000862. The number of fused-ring (bicyclic) bond motifs is 1. The topological polar surface area (TPSA) is 125 Å². The number of hydrogen-bond donors (Lipinski definition) is 4. The van der Waals surface area contributed by atoms with E-state index in [9.17, 15) is 0 Å². The summed E-state index contributed by atoms with van der Waals surface area (Å²) in [5.74, 6) is -0.120. The van der Waals surface area contributed by atoms with Crippen LogP contribution in [0.25, 0.3) is 11.2 Å². The molecule has 2 atom stereocenters. The Morgan fingerprint density at radius 2 is 1.67 bits per heavy atom. The fraction of sp³-hybridized carbons (Fsp3) is 0.833. The number of nitrogens with zero attached hydrogens (tertiary/aromatic N) is 5. The number of nitrogen functional groups attached to an aromatic ring is 1. The smallest absolute Gasteiger partial charge is 0.165 e. The van der Waals surface area contributed by atoms with Gasteiger partial charge in [0.1, 0.15) is 11.8 Å². The molecule has 0 bridgehead atoms.